The third-order valence-corrected chi connectivity index (χ3v) is 7.15. The van der Waals surface area contributed by atoms with Gasteiger partial charge in [-0.05, 0) is 51.4 Å². The van der Waals surface area contributed by atoms with Gasteiger partial charge in [-0.1, -0.05) is 0 Å². The van der Waals surface area contributed by atoms with E-state index in [1.807, 2.05) is 5.38 Å². The largest absolute Gasteiger partial charge is 0.383 e. The average Bonchev–Trinajstić information content (AvgIpc) is 3.29. The summed E-state index contributed by atoms with van der Waals surface area (Å²) in [5.41, 5.74) is -1.26. The molecule has 2 aliphatic heterocycles. The Bertz CT molecular complexity index is 583. The Morgan fingerprint density at radius 1 is 1.33 bits per heavy atom. The molecule has 3 heterocycles. The maximum atomic E-state index is 12.1. The van der Waals surface area contributed by atoms with E-state index < -0.39 is 11.2 Å². The smallest absolute Gasteiger partial charge is 0.161 e. The third-order valence-electron chi connectivity index (χ3n) is 6.19. The minimum atomic E-state index is -0.767. The van der Waals surface area contributed by atoms with Crippen LogP contribution in [-0.4, -0.2) is 52.1 Å². The molecule has 1 aromatic rings. The lowest BCUT2D eigenvalue weighted by molar-refractivity contribution is -0.162. The zero-order valence-corrected chi connectivity index (χ0v) is 15.1. The number of carbonyl (C=O) groups is 1. The summed E-state index contributed by atoms with van der Waals surface area (Å²) in [7, 11) is 0. The van der Waals surface area contributed by atoms with Gasteiger partial charge in [0.1, 0.15) is 16.2 Å². The van der Waals surface area contributed by atoms with E-state index in [9.17, 15) is 9.90 Å². The van der Waals surface area contributed by atoms with Crippen molar-refractivity contribution in [2.75, 3.05) is 19.7 Å². The number of thiazole rings is 1. The van der Waals surface area contributed by atoms with Crippen LogP contribution in [0.3, 0.4) is 0 Å². The number of ether oxygens (including phenoxy) is 1. The summed E-state index contributed by atoms with van der Waals surface area (Å²) in [6.07, 6.45) is 7.34. The number of piperidine rings is 1. The lowest BCUT2D eigenvalue weighted by atomic mass is 9.83. The quantitative estimate of drug-likeness (QED) is 0.903. The molecule has 0 spiro atoms. The van der Waals surface area contributed by atoms with Gasteiger partial charge < -0.3 is 9.84 Å². The van der Waals surface area contributed by atoms with Gasteiger partial charge in [0.15, 0.2) is 5.78 Å². The minimum Gasteiger partial charge on any atom is -0.383 e. The molecule has 2 unspecified atom stereocenters. The van der Waals surface area contributed by atoms with E-state index >= 15 is 0 Å². The molecule has 0 radical (unpaired) electrons. The summed E-state index contributed by atoms with van der Waals surface area (Å²) >= 11 is 1.54. The molecule has 6 heteroatoms. The van der Waals surface area contributed by atoms with Crippen molar-refractivity contribution in [1.82, 2.24) is 9.88 Å². The maximum absolute atomic E-state index is 12.1. The summed E-state index contributed by atoms with van der Waals surface area (Å²) in [4.78, 5) is 18.9. The highest BCUT2D eigenvalue weighted by molar-refractivity contribution is 7.09. The van der Waals surface area contributed by atoms with Crippen LogP contribution >= 0.6 is 11.3 Å². The maximum Gasteiger partial charge on any atom is 0.161 e. The molecule has 0 aromatic carbocycles. The van der Waals surface area contributed by atoms with Gasteiger partial charge in [0.25, 0.3) is 0 Å². The lowest BCUT2D eigenvalue weighted by Gasteiger charge is -2.46. The molecule has 0 amide bonds. The molecule has 132 valence electrons. The van der Waals surface area contributed by atoms with Crippen molar-refractivity contribution in [1.29, 1.82) is 0 Å². The van der Waals surface area contributed by atoms with Gasteiger partial charge in [-0.25, -0.2) is 4.98 Å². The van der Waals surface area contributed by atoms with Crippen LogP contribution in [0.15, 0.2) is 11.6 Å². The van der Waals surface area contributed by atoms with E-state index in [1.54, 1.807) is 13.1 Å². The molecular formula is C18H26N2O3S. The van der Waals surface area contributed by atoms with E-state index in [0.717, 1.165) is 56.6 Å². The molecule has 1 saturated carbocycles. The molecule has 2 saturated heterocycles. The molecule has 3 fully saturated rings. The topological polar surface area (TPSA) is 62.7 Å². The first-order valence-corrected chi connectivity index (χ1v) is 9.93. The first kappa shape index (κ1) is 16.6. The second-order valence-corrected chi connectivity index (χ2v) is 8.52. The number of likely N-dealkylation sites (tertiary alicyclic amines) is 1. The first-order valence-electron chi connectivity index (χ1n) is 9.05. The van der Waals surface area contributed by atoms with Crippen molar-refractivity contribution >= 4 is 17.1 Å². The number of carbonyl (C=O) groups excluding carboxylic acids is 1. The standard InChI is InChI=1S/C18H26N2O3S/c1-13(21)18(14-2-3-14)5-4-15(12-23-18)20-9-6-17(22,7-10-20)16-19-8-11-24-16/h8,11,14-15,22H,2-7,9-10,12H2,1H3. The molecule has 2 atom stereocenters. The van der Waals surface area contributed by atoms with E-state index in [1.165, 1.54) is 11.3 Å². The summed E-state index contributed by atoms with van der Waals surface area (Å²) in [6.45, 7) is 4.06. The molecule has 3 aliphatic rings. The molecule has 0 bridgehead atoms. The van der Waals surface area contributed by atoms with Gasteiger partial charge >= 0.3 is 0 Å². The van der Waals surface area contributed by atoms with Crippen LogP contribution in [0, 0.1) is 5.92 Å². The van der Waals surface area contributed by atoms with E-state index in [0.29, 0.717) is 18.6 Å². The van der Waals surface area contributed by atoms with Gasteiger partial charge in [0.2, 0.25) is 0 Å². The van der Waals surface area contributed by atoms with Crippen LogP contribution in [0.25, 0.3) is 0 Å². The monoisotopic (exact) mass is 350 g/mol. The number of aliphatic hydroxyl groups is 1. The predicted molar refractivity (Wildman–Crippen MR) is 91.9 cm³/mol. The summed E-state index contributed by atoms with van der Waals surface area (Å²) in [5, 5.41) is 13.6. The van der Waals surface area contributed by atoms with Crippen LogP contribution in [-0.2, 0) is 15.1 Å². The number of aromatic nitrogens is 1. The van der Waals surface area contributed by atoms with Gasteiger partial charge in [-0.3, -0.25) is 9.69 Å². The molecule has 24 heavy (non-hydrogen) atoms. The molecule has 4 rings (SSSR count). The summed E-state index contributed by atoms with van der Waals surface area (Å²) in [6, 6.07) is 0.372. The molecule has 5 nitrogen and oxygen atoms in total. The highest BCUT2D eigenvalue weighted by atomic mass is 32.1. The first-order chi connectivity index (χ1) is 11.5. The third kappa shape index (κ3) is 2.83. The average molecular weight is 350 g/mol. The Labute approximate surface area is 147 Å². The van der Waals surface area contributed by atoms with Crippen LogP contribution in [0.1, 0.15) is 50.5 Å². The van der Waals surface area contributed by atoms with Crippen molar-refractivity contribution < 1.29 is 14.6 Å². The fraction of sp³-hybridized carbons (Fsp3) is 0.778. The summed E-state index contributed by atoms with van der Waals surface area (Å²) < 4.78 is 6.18. The van der Waals surface area contributed by atoms with Gasteiger partial charge in [-0.15, -0.1) is 11.3 Å². The second-order valence-electron chi connectivity index (χ2n) is 7.63. The predicted octanol–water partition coefficient (Wildman–Crippen LogP) is 2.34. The van der Waals surface area contributed by atoms with Gasteiger partial charge in [0.05, 0.1) is 6.61 Å². The van der Waals surface area contributed by atoms with Crippen LogP contribution in [0.2, 0.25) is 0 Å². The van der Waals surface area contributed by atoms with E-state index in [4.69, 9.17) is 4.74 Å². The van der Waals surface area contributed by atoms with Crippen molar-refractivity contribution in [2.24, 2.45) is 5.92 Å². The normalized spacial score (nSPS) is 34.2. The highest BCUT2D eigenvalue weighted by Crippen LogP contribution is 2.47. The van der Waals surface area contributed by atoms with Gasteiger partial charge in [-0.2, -0.15) is 0 Å². The van der Waals surface area contributed by atoms with Crippen molar-refractivity contribution in [2.45, 2.75) is 62.7 Å². The van der Waals surface area contributed by atoms with Crippen LogP contribution in [0.4, 0.5) is 0 Å². The fourth-order valence-electron chi connectivity index (χ4n) is 4.43. The van der Waals surface area contributed by atoms with E-state index in [2.05, 4.69) is 9.88 Å². The number of hydrogen-bond donors (Lipinski definition) is 1. The van der Waals surface area contributed by atoms with Crippen LogP contribution in [0.5, 0.6) is 0 Å². The van der Waals surface area contributed by atoms with Crippen molar-refractivity contribution in [3.63, 3.8) is 0 Å². The number of nitrogens with zero attached hydrogens (tertiary/aromatic N) is 2. The molecule has 1 N–H and O–H groups in total. The molecular weight excluding hydrogens is 324 g/mol. The van der Waals surface area contributed by atoms with E-state index in [-0.39, 0.29) is 5.78 Å². The Hall–Kier alpha value is -0.820. The van der Waals surface area contributed by atoms with Gasteiger partial charge in [0, 0.05) is 30.7 Å². The number of rotatable bonds is 4. The SMILES string of the molecule is CC(=O)C1(C2CC2)CCC(N2CCC(O)(c3nccs3)CC2)CO1. The Morgan fingerprint density at radius 2 is 2.08 bits per heavy atom. The zero-order valence-electron chi connectivity index (χ0n) is 14.2. The Balaban J connectivity index is 1.35. The molecule has 1 aromatic heterocycles. The Kier molecular flexibility index (Phi) is 4.27. The Morgan fingerprint density at radius 3 is 2.58 bits per heavy atom. The zero-order chi connectivity index (χ0) is 16.8. The van der Waals surface area contributed by atoms with Crippen molar-refractivity contribution in [3.8, 4) is 0 Å². The number of Topliss-reactive ketones (excluding diaryl/α,β-unsaturated/α-hetero) is 1. The fourth-order valence-corrected chi connectivity index (χ4v) is 5.23. The number of hydrogen-bond acceptors (Lipinski definition) is 6. The van der Waals surface area contributed by atoms with Crippen LogP contribution < -0.4 is 0 Å². The molecule has 1 aliphatic carbocycles. The van der Waals surface area contributed by atoms with Crippen molar-refractivity contribution in [3.05, 3.63) is 16.6 Å². The second kappa shape index (κ2) is 6.16. The lowest BCUT2D eigenvalue weighted by Crippen LogP contribution is -2.55. The highest BCUT2D eigenvalue weighted by Gasteiger charge is 2.52. The summed E-state index contributed by atoms with van der Waals surface area (Å²) in [5.74, 6) is 0.660. The number of ketones is 1. The minimum absolute atomic E-state index is 0.209.